The van der Waals surface area contributed by atoms with E-state index in [0.29, 0.717) is 0 Å². The van der Waals surface area contributed by atoms with Gasteiger partial charge in [0.05, 0.1) is 10.7 Å². The third-order valence-electron chi connectivity index (χ3n) is 2.50. The van der Waals surface area contributed by atoms with Crippen LogP contribution in [0.2, 0.25) is 0 Å². The summed E-state index contributed by atoms with van der Waals surface area (Å²) in [5, 5.41) is 4.35. The van der Waals surface area contributed by atoms with Crippen molar-refractivity contribution in [3.05, 3.63) is 32.2 Å². The Morgan fingerprint density at radius 3 is 2.95 bits per heavy atom. The lowest BCUT2D eigenvalue weighted by molar-refractivity contribution is 0.0761. The summed E-state index contributed by atoms with van der Waals surface area (Å²) in [7, 11) is 0. The molecule has 2 aromatic rings. The molecule has 0 saturated carbocycles. The lowest BCUT2D eigenvalue weighted by Gasteiger charge is -2.06. The van der Waals surface area contributed by atoms with Crippen LogP contribution in [-0.4, -0.2) is 16.6 Å². The Labute approximate surface area is 126 Å². The van der Waals surface area contributed by atoms with E-state index in [0.717, 1.165) is 33.8 Å². The standard InChI is InChI=1S/C13H18N2OS3/c1-4-16-9(2)13-15-11(7-18-13)6-17-8-12-5-14-10(3)19-12/h5,7,9H,4,6,8H2,1-3H3. The largest absolute Gasteiger partial charge is 0.372 e. The van der Waals surface area contributed by atoms with Crippen molar-refractivity contribution in [1.29, 1.82) is 0 Å². The zero-order valence-corrected chi connectivity index (χ0v) is 13.8. The van der Waals surface area contributed by atoms with Gasteiger partial charge in [-0.25, -0.2) is 9.97 Å². The number of aryl methyl sites for hydroxylation is 1. The molecule has 0 saturated heterocycles. The minimum Gasteiger partial charge on any atom is -0.372 e. The van der Waals surface area contributed by atoms with E-state index in [1.54, 1.807) is 22.7 Å². The highest BCUT2D eigenvalue weighted by molar-refractivity contribution is 7.97. The highest BCUT2D eigenvalue weighted by Gasteiger charge is 2.10. The summed E-state index contributed by atoms with van der Waals surface area (Å²) >= 11 is 5.34. The van der Waals surface area contributed by atoms with Crippen LogP contribution in [0.15, 0.2) is 11.6 Å². The van der Waals surface area contributed by atoms with Gasteiger partial charge in [0.25, 0.3) is 0 Å². The fourth-order valence-electron chi connectivity index (χ4n) is 1.63. The van der Waals surface area contributed by atoms with Crippen LogP contribution >= 0.6 is 34.4 Å². The molecule has 2 rings (SSSR count). The Hall–Kier alpha value is -0.430. The van der Waals surface area contributed by atoms with E-state index in [2.05, 4.69) is 22.3 Å². The molecule has 104 valence electrons. The fraction of sp³-hybridized carbons (Fsp3) is 0.538. The zero-order valence-electron chi connectivity index (χ0n) is 11.4. The van der Waals surface area contributed by atoms with E-state index < -0.39 is 0 Å². The molecule has 0 aliphatic heterocycles. The number of rotatable bonds is 7. The Bertz CT molecular complexity index is 509. The molecule has 0 aromatic carbocycles. The second-order valence-electron chi connectivity index (χ2n) is 4.11. The number of thioether (sulfide) groups is 1. The van der Waals surface area contributed by atoms with Crippen molar-refractivity contribution in [2.75, 3.05) is 6.61 Å². The van der Waals surface area contributed by atoms with E-state index in [1.807, 2.05) is 31.8 Å². The first-order valence-electron chi connectivity index (χ1n) is 6.24. The van der Waals surface area contributed by atoms with Gasteiger partial charge in [-0.15, -0.1) is 34.4 Å². The minimum atomic E-state index is 0.109. The molecule has 0 amide bonds. The number of hydrogen-bond acceptors (Lipinski definition) is 6. The highest BCUT2D eigenvalue weighted by atomic mass is 32.2. The van der Waals surface area contributed by atoms with Gasteiger partial charge in [-0.05, 0) is 20.8 Å². The maximum absolute atomic E-state index is 5.55. The summed E-state index contributed by atoms with van der Waals surface area (Å²) in [5.41, 5.74) is 1.15. The van der Waals surface area contributed by atoms with Gasteiger partial charge in [0.1, 0.15) is 11.1 Å². The first-order valence-corrected chi connectivity index (χ1v) is 9.09. The number of thiazole rings is 2. The Balaban J connectivity index is 1.80. The molecule has 1 unspecified atom stereocenters. The Morgan fingerprint density at radius 2 is 2.26 bits per heavy atom. The van der Waals surface area contributed by atoms with E-state index in [1.165, 1.54) is 4.88 Å². The smallest absolute Gasteiger partial charge is 0.122 e. The monoisotopic (exact) mass is 314 g/mol. The summed E-state index contributed by atoms with van der Waals surface area (Å²) in [6.07, 6.45) is 2.08. The van der Waals surface area contributed by atoms with Gasteiger partial charge in [0.2, 0.25) is 0 Å². The Kier molecular flexibility index (Phi) is 5.81. The molecule has 2 aromatic heterocycles. The average Bonchev–Trinajstić information content (AvgIpc) is 2.99. The zero-order chi connectivity index (χ0) is 13.7. The summed E-state index contributed by atoms with van der Waals surface area (Å²) in [6, 6.07) is 0. The van der Waals surface area contributed by atoms with Crippen LogP contribution in [-0.2, 0) is 16.2 Å². The molecule has 0 fully saturated rings. The van der Waals surface area contributed by atoms with Crippen molar-refractivity contribution in [2.24, 2.45) is 0 Å². The minimum absolute atomic E-state index is 0.109. The number of ether oxygens (including phenoxy) is 1. The van der Waals surface area contributed by atoms with Crippen LogP contribution in [0.5, 0.6) is 0 Å². The molecule has 0 aliphatic rings. The third-order valence-corrected chi connectivity index (χ3v) is 5.66. The van der Waals surface area contributed by atoms with Gasteiger partial charge in [0.15, 0.2) is 0 Å². The van der Waals surface area contributed by atoms with E-state index in [-0.39, 0.29) is 6.10 Å². The molecular weight excluding hydrogens is 296 g/mol. The summed E-state index contributed by atoms with van der Waals surface area (Å²) < 4.78 is 5.55. The topological polar surface area (TPSA) is 35.0 Å². The summed E-state index contributed by atoms with van der Waals surface area (Å²) in [6.45, 7) is 6.84. The molecule has 3 nitrogen and oxygen atoms in total. The number of nitrogens with zero attached hydrogens (tertiary/aromatic N) is 2. The molecule has 2 heterocycles. The SMILES string of the molecule is CCOC(C)c1nc(CSCc2cnc(C)s2)cs1. The maximum atomic E-state index is 5.55. The quantitative estimate of drug-likeness (QED) is 0.757. The lowest BCUT2D eigenvalue weighted by Crippen LogP contribution is -1.98. The number of hydrogen-bond donors (Lipinski definition) is 0. The molecule has 1 atom stereocenters. The third kappa shape index (κ3) is 4.56. The first-order chi connectivity index (χ1) is 9.19. The van der Waals surface area contributed by atoms with Crippen molar-refractivity contribution in [2.45, 2.75) is 38.4 Å². The van der Waals surface area contributed by atoms with Crippen LogP contribution in [0.3, 0.4) is 0 Å². The van der Waals surface area contributed by atoms with Crippen molar-refractivity contribution in [3.63, 3.8) is 0 Å². The first kappa shape index (κ1) is 15.0. The van der Waals surface area contributed by atoms with Crippen molar-refractivity contribution < 1.29 is 4.74 Å². The normalized spacial score (nSPS) is 12.8. The lowest BCUT2D eigenvalue weighted by atomic mass is 10.4. The summed E-state index contributed by atoms with van der Waals surface area (Å²) in [4.78, 5) is 10.2. The van der Waals surface area contributed by atoms with Crippen LogP contribution in [0, 0.1) is 6.92 Å². The van der Waals surface area contributed by atoms with Crippen molar-refractivity contribution >= 4 is 34.4 Å². The van der Waals surface area contributed by atoms with Crippen LogP contribution in [0.1, 0.15) is 40.5 Å². The van der Waals surface area contributed by atoms with Crippen LogP contribution < -0.4 is 0 Å². The van der Waals surface area contributed by atoms with Crippen molar-refractivity contribution in [3.8, 4) is 0 Å². The van der Waals surface area contributed by atoms with Crippen LogP contribution in [0.4, 0.5) is 0 Å². The molecule has 0 aliphatic carbocycles. The maximum Gasteiger partial charge on any atom is 0.122 e. The molecule has 0 bridgehead atoms. The van der Waals surface area contributed by atoms with Crippen LogP contribution in [0.25, 0.3) is 0 Å². The van der Waals surface area contributed by atoms with Gasteiger partial charge in [-0.2, -0.15) is 0 Å². The molecule has 0 radical (unpaired) electrons. The fourth-order valence-corrected chi connectivity index (χ4v) is 4.36. The van der Waals surface area contributed by atoms with Gasteiger partial charge in [0, 0.05) is 34.6 Å². The number of aromatic nitrogens is 2. The molecule has 0 N–H and O–H groups in total. The molecule has 6 heteroatoms. The molecule has 0 spiro atoms. The predicted molar refractivity (Wildman–Crippen MR) is 84.0 cm³/mol. The van der Waals surface area contributed by atoms with Gasteiger partial charge >= 0.3 is 0 Å². The van der Waals surface area contributed by atoms with E-state index >= 15 is 0 Å². The summed E-state index contributed by atoms with van der Waals surface area (Å²) in [5.74, 6) is 1.96. The van der Waals surface area contributed by atoms with Gasteiger partial charge in [-0.3, -0.25) is 0 Å². The van der Waals surface area contributed by atoms with Gasteiger partial charge in [-0.1, -0.05) is 0 Å². The second-order valence-corrected chi connectivity index (χ2v) is 7.31. The van der Waals surface area contributed by atoms with Gasteiger partial charge < -0.3 is 4.74 Å². The second kappa shape index (κ2) is 7.38. The van der Waals surface area contributed by atoms with Crippen molar-refractivity contribution in [1.82, 2.24) is 9.97 Å². The Morgan fingerprint density at radius 1 is 1.42 bits per heavy atom. The molecular formula is C13H18N2OS3. The highest BCUT2D eigenvalue weighted by Crippen LogP contribution is 2.25. The molecule has 19 heavy (non-hydrogen) atoms. The van der Waals surface area contributed by atoms with E-state index in [9.17, 15) is 0 Å². The predicted octanol–water partition coefficient (Wildman–Crippen LogP) is 4.44. The average molecular weight is 315 g/mol. The van der Waals surface area contributed by atoms with E-state index in [4.69, 9.17) is 4.74 Å².